The molecule has 4 rings (SSSR count). The molecule has 36 heavy (non-hydrogen) atoms. The molecule has 0 aromatic heterocycles. The van der Waals surface area contributed by atoms with E-state index in [1.807, 2.05) is 36.4 Å². The van der Waals surface area contributed by atoms with Crippen molar-refractivity contribution in [3.8, 4) is 0 Å². The zero-order valence-corrected chi connectivity index (χ0v) is 20.2. The maximum Gasteiger partial charge on any atom is 0.303 e. The van der Waals surface area contributed by atoms with Crippen LogP contribution in [-0.4, -0.2) is 66.8 Å². The average molecular weight is 498 g/mol. The molecule has 11 nitrogen and oxygen atoms in total. The van der Waals surface area contributed by atoms with E-state index in [4.69, 9.17) is 28.7 Å². The van der Waals surface area contributed by atoms with Crippen LogP contribution in [0.3, 0.4) is 0 Å². The highest BCUT2D eigenvalue weighted by Crippen LogP contribution is 2.38. The number of nitrogens with zero attached hydrogens (tertiary/aromatic N) is 1. The van der Waals surface area contributed by atoms with Gasteiger partial charge in [-0.2, -0.15) is 0 Å². The molecule has 0 saturated carbocycles. The van der Waals surface area contributed by atoms with Gasteiger partial charge < -0.3 is 29.0 Å². The second kappa shape index (κ2) is 10.3. The van der Waals surface area contributed by atoms with E-state index in [0.29, 0.717) is 5.69 Å². The molecule has 2 aromatic carbocycles. The molecular formula is C25H26N2O9. The number of anilines is 1. The minimum Gasteiger partial charge on any atom is -0.463 e. The van der Waals surface area contributed by atoms with E-state index < -0.39 is 54.4 Å². The molecule has 190 valence electrons. The predicted molar refractivity (Wildman–Crippen MR) is 127 cm³/mol. The van der Waals surface area contributed by atoms with Gasteiger partial charge in [0, 0.05) is 38.8 Å². The van der Waals surface area contributed by atoms with Gasteiger partial charge in [0.05, 0.1) is 5.69 Å². The lowest BCUT2D eigenvalue weighted by Gasteiger charge is -2.45. The summed E-state index contributed by atoms with van der Waals surface area (Å²) >= 11 is 0. The summed E-state index contributed by atoms with van der Waals surface area (Å²) in [5.74, 6) is -2.38. The minimum atomic E-state index is -1.27. The average Bonchev–Trinajstić information content (AvgIpc) is 2.80. The van der Waals surface area contributed by atoms with Gasteiger partial charge in [0.25, 0.3) is 0 Å². The Balaban J connectivity index is 1.80. The topological polar surface area (TPSA) is 139 Å². The molecule has 11 heteroatoms. The maximum absolute atomic E-state index is 12.1. The molecule has 0 spiro atoms. The summed E-state index contributed by atoms with van der Waals surface area (Å²) in [7, 11) is 0. The van der Waals surface area contributed by atoms with E-state index in [0.717, 1.165) is 16.5 Å². The first-order valence-corrected chi connectivity index (χ1v) is 11.3. The van der Waals surface area contributed by atoms with Crippen LogP contribution in [0, 0.1) is 0 Å². The fraction of sp³-hybridized carbons (Fsp3) is 0.400. The number of ether oxygens (including phenoxy) is 5. The van der Waals surface area contributed by atoms with Crippen LogP contribution >= 0.6 is 0 Å². The van der Waals surface area contributed by atoms with Crippen LogP contribution in [0.2, 0.25) is 0 Å². The number of amidine groups is 1. The van der Waals surface area contributed by atoms with E-state index in [2.05, 4.69) is 5.32 Å². The van der Waals surface area contributed by atoms with Gasteiger partial charge in [-0.1, -0.05) is 24.3 Å². The van der Waals surface area contributed by atoms with Crippen LogP contribution in [0.4, 0.5) is 11.4 Å². The third-order valence-electron chi connectivity index (χ3n) is 5.65. The number of hydrogen-bond acceptors (Lipinski definition) is 11. The van der Waals surface area contributed by atoms with E-state index in [-0.39, 0.29) is 12.4 Å². The van der Waals surface area contributed by atoms with Gasteiger partial charge in [-0.3, -0.25) is 19.2 Å². The first kappa shape index (κ1) is 25.1. The Morgan fingerprint density at radius 2 is 1.44 bits per heavy atom. The minimum absolute atomic E-state index is 0.277. The molecule has 2 heterocycles. The molecule has 0 aliphatic carbocycles. The molecule has 1 saturated heterocycles. The highest BCUT2D eigenvalue weighted by molar-refractivity contribution is 6.15. The number of rotatable bonds is 6. The van der Waals surface area contributed by atoms with Crippen molar-refractivity contribution in [1.82, 2.24) is 0 Å². The predicted octanol–water partition coefficient (Wildman–Crippen LogP) is 2.42. The summed E-state index contributed by atoms with van der Waals surface area (Å²) in [6.07, 6.45) is -5.89. The third kappa shape index (κ3) is 5.30. The fourth-order valence-corrected chi connectivity index (χ4v) is 4.40. The van der Waals surface area contributed by atoms with Crippen LogP contribution in [0.15, 0.2) is 41.4 Å². The second-order valence-corrected chi connectivity index (χ2v) is 8.42. The van der Waals surface area contributed by atoms with Gasteiger partial charge >= 0.3 is 23.9 Å². The number of nitrogens with one attached hydrogen (secondary N) is 1. The summed E-state index contributed by atoms with van der Waals surface area (Å²) in [6.45, 7) is 4.45. The number of carbonyl (C=O) groups excluding carboxylic acids is 4. The Kier molecular flexibility index (Phi) is 7.20. The molecule has 0 bridgehead atoms. The van der Waals surface area contributed by atoms with Crippen molar-refractivity contribution >= 4 is 51.9 Å². The highest BCUT2D eigenvalue weighted by atomic mass is 16.7. The van der Waals surface area contributed by atoms with Gasteiger partial charge in [-0.15, -0.1) is 0 Å². The molecule has 5 atom stereocenters. The van der Waals surface area contributed by atoms with Crippen LogP contribution in [0.1, 0.15) is 27.7 Å². The van der Waals surface area contributed by atoms with E-state index in [1.54, 1.807) is 0 Å². The smallest absolute Gasteiger partial charge is 0.303 e. The van der Waals surface area contributed by atoms with Crippen molar-refractivity contribution in [3.63, 3.8) is 0 Å². The van der Waals surface area contributed by atoms with Crippen molar-refractivity contribution in [2.75, 3.05) is 11.9 Å². The Hall–Kier alpha value is -3.99. The van der Waals surface area contributed by atoms with Gasteiger partial charge in [0.15, 0.2) is 24.4 Å². The zero-order chi connectivity index (χ0) is 26.0. The Morgan fingerprint density at radius 1 is 0.833 bits per heavy atom. The van der Waals surface area contributed by atoms with Crippen LogP contribution in [0.5, 0.6) is 0 Å². The number of carbonyl (C=O) groups is 4. The lowest BCUT2D eigenvalue weighted by molar-refractivity contribution is -0.241. The molecule has 0 radical (unpaired) electrons. The summed E-state index contributed by atoms with van der Waals surface area (Å²) in [5.41, 5.74) is 1.41. The van der Waals surface area contributed by atoms with Crippen molar-refractivity contribution in [1.29, 1.82) is 0 Å². The third-order valence-corrected chi connectivity index (χ3v) is 5.65. The van der Waals surface area contributed by atoms with E-state index >= 15 is 0 Å². The Bertz CT molecular complexity index is 1240. The molecular weight excluding hydrogens is 472 g/mol. The van der Waals surface area contributed by atoms with Crippen molar-refractivity contribution in [2.24, 2.45) is 4.99 Å². The van der Waals surface area contributed by atoms with Crippen LogP contribution in [0.25, 0.3) is 10.8 Å². The summed E-state index contributed by atoms with van der Waals surface area (Å²) < 4.78 is 27.8. The first-order valence-electron chi connectivity index (χ1n) is 11.3. The quantitative estimate of drug-likeness (QED) is 0.467. The number of esters is 4. The normalized spacial score (nSPS) is 24.7. The summed E-state index contributed by atoms with van der Waals surface area (Å²) in [6, 6.07) is 11.4. The van der Waals surface area contributed by atoms with Crippen molar-refractivity contribution in [2.45, 2.75) is 58.2 Å². The van der Waals surface area contributed by atoms with Crippen LogP contribution in [-0.2, 0) is 42.9 Å². The summed E-state index contributed by atoms with van der Waals surface area (Å²) in [4.78, 5) is 52.3. The van der Waals surface area contributed by atoms with E-state index in [9.17, 15) is 19.2 Å². The molecule has 0 unspecified atom stereocenters. The van der Waals surface area contributed by atoms with Crippen molar-refractivity contribution < 1.29 is 42.9 Å². The molecule has 2 aromatic rings. The largest absolute Gasteiger partial charge is 0.463 e. The molecule has 2 aliphatic rings. The van der Waals surface area contributed by atoms with Crippen molar-refractivity contribution in [3.05, 3.63) is 36.4 Å². The standard InChI is InChI=1S/C25H26N2O9/c1-12(28)32-11-19-21(33-13(2)29)22(34-14(3)30)23(35-15(4)31)24(36-19)25-26-17-9-5-7-16-8-6-10-18(27-25)20(16)17/h5-10,19,21-24H,11H2,1-4H3,(H,26,27)/t19-,21-,22+,23-,24-/m1/s1. The van der Waals surface area contributed by atoms with Gasteiger partial charge in [0.1, 0.15) is 18.5 Å². The highest BCUT2D eigenvalue weighted by Gasteiger charge is 2.54. The molecule has 1 N–H and O–H groups in total. The lowest BCUT2D eigenvalue weighted by atomic mass is 9.92. The van der Waals surface area contributed by atoms with E-state index in [1.165, 1.54) is 27.7 Å². The monoisotopic (exact) mass is 498 g/mol. The molecule has 2 aliphatic heterocycles. The van der Waals surface area contributed by atoms with Gasteiger partial charge in [-0.05, 0) is 17.5 Å². The SMILES string of the molecule is CC(=O)OC[C@H]1O[C@@H](C2=Nc3cccc4cccc(c34)N2)[C@H](OC(C)=O)[C@@H](OC(C)=O)[C@@H]1OC(C)=O. The molecule has 0 amide bonds. The molecule has 1 fully saturated rings. The lowest BCUT2D eigenvalue weighted by Crippen LogP contribution is -2.64. The number of benzene rings is 2. The number of aliphatic imine (C=N–C) groups is 1. The Labute approximate surface area is 206 Å². The van der Waals surface area contributed by atoms with Crippen LogP contribution < -0.4 is 5.32 Å². The van der Waals surface area contributed by atoms with Gasteiger partial charge in [0.2, 0.25) is 0 Å². The number of hydrogen-bond donors (Lipinski definition) is 1. The van der Waals surface area contributed by atoms with Gasteiger partial charge in [-0.25, -0.2) is 4.99 Å². The first-order chi connectivity index (χ1) is 17.1. The fourth-order valence-electron chi connectivity index (χ4n) is 4.40. The second-order valence-electron chi connectivity index (χ2n) is 8.42. The zero-order valence-electron chi connectivity index (χ0n) is 20.2. The summed E-state index contributed by atoms with van der Waals surface area (Å²) in [5, 5.41) is 5.10. The Morgan fingerprint density at radius 3 is 2.08 bits per heavy atom. The maximum atomic E-state index is 12.1.